The van der Waals surface area contributed by atoms with Gasteiger partial charge in [-0.15, -0.1) is 10.2 Å². The van der Waals surface area contributed by atoms with Crippen LogP contribution in [0.1, 0.15) is 12.5 Å². The SMILES string of the molecule is C/C(=N/n1cnnc1)c1cc(Cl)ccc1O. The summed E-state index contributed by atoms with van der Waals surface area (Å²) in [5.74, 6) is 0.138. The highest BCUT2D eigenvalue weighted by Crippen LogP contribution is 2.22. The molecule has 0 aliphatic heterocycles. The molecule has 0 aliphatic rings. The standard InChI is InChI=1S/C10H9ClN4O/c1-7(14-15-5-12-13-6-15)9-4-8(11)2-3-10(9)16/h2-6,16H,1H3/b14-7-. The fourth-order valence-corrected chi connectivity index (χ4v) is 1.44. The molecule has 0 amide bonds. The quantitative estimate of drug-likeness (QED) is 0.811. The summed E-state index contributed by atoms with van der Waals surface area (Å²) < 4.78 is 1.45. The van der Waals surface area contributed by atoms with E-state index in [2.05, 4.69) is 15.3 Å². The minimum absolute atomic E-state index is 0.138. The zero-order valence-corrected chi connectivity index (χ0v) is 9.26. The summed E-state index contributed by atoms with van der Waals surface area (Å²) in [5.41, 5.74) is 1.21. The van der Waals surface area contributed by atoms with Gasteiger partial charge in [0.2, 0.25) is 0 Å². The normalized spacial score (nSPS) is 11.8. The predicted molar refractivity (Wildman–Crippen MR) is 60.7 cm³/mol. The first-order valence-electron chi connectivity index (χ1n) is 4.56. The van der Waals surface area contributed by atoms with E-state index in [0.717, 1.165) is 0 Å². The lowest BCUT2D eigenvalue weighted by atomic mass is 10.1. The van der Waals surface area contributed by atoms with E-state index in [4.69, 9.17) is 11.6 Å². The number of phenols is 1. The average Bonchev–Trinajstić information content (AvgIpc) is 2.74. The van der Waals surface area contributed by atoms with Crippen LogP contribution in [0.2, 0.25) is 5.02 Å². The molecule has 82 valence electrons. The minimum atomic E-state index is 0.138. The van der Waals surface area contributed by atoms with Crippen molar-refractivity contribution in [2.24, 2.45) is 5.10 Å². The molecular formula is C10H9ClN4O. The van der Waals surface area contributed by atoms with Crippen molar-refractivity contribution in [3.63, 3.8) is 0 Å². The number of aromatic hydroxyl groups is 1. The Kier molecular flexibility index (Phi) is 2.87. The Morgan fingerprint density at radius 1 is 1.38 bits per heavy atom. The van der Waals surface area contributed by atoms with Gasteiger partial charge in [0.1, 0.15) is 18.4 Å². The fourth-order valence-electron chi connectivity index (χ4n) is 1.27. The smallest absolute Gasteiger partial charge is 0.141 e. The van der Waals surface area contributed by atoms with Crippen LogP contribution < -0.4 is 0 Å². The molecule has 2 aromatic rings. The molecule has 6 heteroatoms. The van der Waals surface area contributed by atoms with Gasteiger partial charge in [0, 0.05) is 10.6 Å². The predicted octanol–water partition coefficient (Wildman–Crippen LogP) is 1.91. The highest BCUT2D eigenvalue weighted by atomic mass is 35.5. The van der Waals surface area contributed by atoms with Crippen molar-refractivity contribution in [2.75, 3.05) is 0 Å². The van der Waals surface area contributed by atoms with Gasteiger partial charge in [0.05, 0.1) is 5.71 Å². The van der Waals surface area contributed by atoms with Crippen LogP contribution in [0.15, 0.2) is 36.0 Å². The molecular weight excluding hydrogens is 228 g/mol. The van der Waals surface area contributed by atoms with E-state index in [1.807, 2.05) is 0 Å². The van der Waals surface area contributed by atoms with Gasteiger partial charge in [-0.1, -0.05) is 11.6 Å². The van der Waals surface area contributed by atoms with Crippen molar-refractivity contribution in [3.8, 4) is 5.75 Å². The Labute approximate surface area is 97.0 Å². The lowest BCUT2D eigenvalue weighted by Crippen LogP contribution is -1.98. The van der Waals surface area contributed by atoms with Gasteiger partial charge >= 0.3 is 0 Å². The van der Waals surface area contributed by atoms with Gasteiger partial charge in [-0.2, -0.15) is 5.10 Å². The Hall–Kier alpha value is -1.88. The minimum Gasteiger partial charge on any atom is -0.507 e. The number of nitrogens with zero attached hydrogens (tertiary/aromatic N) is 4. The molecule has 0 radical (unpaired) electrons. The molecule has 0 fully saturated rings. The molecule has 5 nitrogen and oxygen atoms in total. The largest absolute Gasteiger partial charge is 0.507 e. The molecule has 0 saturated heterocycles. The van der Waals surface area contributed by atoms with Gasteiger partial charge in [0.25, 0.3) is 0 Å². The van der Waals surface area contributed by atoms with Crippen molar-refractivity contribution >= 4 is 17.3 Å². The number of hydrogen-bond acceptors (Lipinski definition) is 4. The monoisotopic (exact) mass is 236 g/mol. The lowest BCUT2D eigenvalue weighted by molar-refractivity contribution is 0.474. The first-order valence-corrected chi connectivity index (χ1v) is 4.93. The second-order valence-electron chi connectivity index (χ2n) is 3.19. The molecule has 0 spiro atoms. The zero-order valence-electron chi connectivity index (χ0n) is 8.50. The summed E-state index contributed by atoms with van der Waals surface area (Å²) in [5, 5.41) is 21.6. The lowest BCUT2D eigenvalue weighted by Gasteiger charge is -2.04. The molecule has 2 rings (SSSR count). The van der Waals surface area contributed by atoms with Crippen LogP contribution in [-0.4, -0.2) is 25.7 Å². The molecule has 1 N–H and O–H groups in total. The van der Waals surface area contributed by atoms with Gasteiger partial charge in [-0.05, 0) is 25.1 Å². The first kappa shape index (κ1) is 10.6. The third-order valence-corrected chi connectivity index (χ3v) is 2.26. The van der Waals surface area contributed by atoms with Crippen molar-refractivity contribution in [2.45, 2.75) is 6.92 Å². The molecule has 0 saturated carbocycles. The van der Waals surface area contributed by atoms with Crippen LogP contribution in [0.4, 0.5) is 0 Å². The van der Waals surface area contributed by atoms with Gasteiger partial charge in [-0.3, -0.25) is 0 Å². The third-order valence-electron chi connectivity index (χ3n) is 2.02. The number of benzene rings is 1. The molecule has 1 heterocycles. The van der Waals surface area contributed by atoms with E-state index in [1.165, 1.54) is 23.4 Å². The topological polar surface area (TPSA) is 63.3 Å². The van der Waals surface area contributed by atoms with Gasteiger partial charge in [-0.25, -0.2) is 4.68 Å². The molecule has 0 bridgehead atoms. The Balaban J connectivity index is 2.40. The van der Waals surface area contributed by atoms with E-state index >= 15 is 0 Å². The number of phenolic OH excluding ortho intramolecular Hbond substituents is 1. The van der Waals surface area contributed by atoms with Crippen LogP contribution in [0.5, 0.6) is 5.75 Å². The second kappa shape index (κ2) is 4.32. The van der Waals surface area contributed by atoms with E-state index < -0.39 is 0 Å². The highest BCUT2D eigenvalue weighted by molar-refractivity contribution is 6.31. The van der Waals surface area contributed by atoms with Crippen LogP contribution in [0.3, 0.4) is 0 Å². The number of hydrogen-bond donors (Lipinski definition) is 1. The zero-order chi connectivity index (χ0) is 11.5. The average molecular weight is 237 g/mol. The van der Waals surface area contributed by atoms with Gasteiger partial charge in [0.15, 0.2) is 0 Å². The van der Waals surface area contributed by atoms with Crippen LogP contribution >= 0.6 is 11.6 Å². The van der Waals surface area contributed by atoms with E-state index in [-0.39, 0.29) is 5.75 Å². The second-order valence-corrected chi connectivity index (χ2v) is 3.63. The van der Waals surface area contributed by atoms with Crippen molar-refractivity contribution in [3.05, 3.63) is 41.4 Å². The van der Waals surface area contributed by atoms with Crippen molar-refractivity contribution in [1.82, 2.24) is 14.9 Å². The van der Waals surface area contributed by atoms with Crippen molar-refractivity contribution < 1.29 is 5.11 Å². The molecule has 0 atom stereocenters. The van der Waals surface area contributed by atoms with Crippen LogP contribution in [0.25, 0.3) is 0 Å². The van der Waals surface area contributed by atoms with Crippen LogP contribution in [-0.2, 0) is 0 Å². The summed E-state index contributed by atoms with van der Waals surface area (Å²) in [4.78, 5) is 0. The maximum Gasteiger partial charge on any atom is 0.141 e. The summed E-state index contributed by atoms with van der Waals surface area (Å²) in [7, 11) is 0. The van der Waals surface area contributed by atoms with E-state index in [9.17, 15) is 5.11 Å². The summed E-state index contributed by atoms with van der Waals surface area (Å²) in [6, 6.07) is 4.80. The maximum atomic E-state index is 9.65. The van der Waals surface area contributed by atoms with Crippen molar-refractivity contribution in [1.29, 1.82) is 0 Å². The molecule has 0 aliphatic carbocycles. The van der Waals surface area contributed by atoms with Crippen LogP contribution in [0, 0.1) is 0 Å². The van der Waals surface area contributed by atoms with E-state index in [1.54, 1.807) is 19.1 Å². The summed E-state index contributed by atoms with van der Waals surface area (Å²) in [6.45, 7) is 1.77. The summed E-state index contributed by atoms with van der Waals surface area (Å²) in [6.07, 6.45) is 2.93. The third kappa shape index (κ3) is 2.20. The number of aromatic nitrogens is 3. The Bertz CT molecular complexity index is 522. The molecule has 16 heavy (non-hydrogen) atoms. The number of halogens is 1. The number of rotatable bonds is 2. The summed E-state index contributed by atoms with van der Waals surface area (Å²) >= 11 is 5.85. The molecule has 1 aromatic carbocycles. The fraction of sp³-hybridized carbons (Fsp3) is 0.100. The van der Waals surface area contributed by atoms with E-state index in [0.29, 0.717) is 16.3 Å². The maximum absolute atomic E-state index is 9.65. The first-order chi connectivity index (χ1) is 7.66. The highest BCUT2D eigenvalue weighted by Gasteiger charge is 2.05. The van der Waals surface area contributed by atoms with Gasteiger partial charge < -0.3 is 5.11 Å². The Morgan fingerprint density at radius 2 is 2.06 bits per heavy atom. The molecule has 0 unspecified atom stereocenters. The Morgan fingerprint density at radius 3 is 2.75 bits per heavy atom. The molecule has 1 aromatic heterocycles.